The Morgan fingerprint density at radius 1 is 1.23 bits per heavy atom. The molecule has 2 atom stereocenters. The van der Waals surface area contributed by atoms with Gasteiger partial charge in [0.05, 0.1) is 4.90 Å². The van der Waals surface area contributed by atoms with Crippen molar-refractivity contribution in [3.8, 4) is 0 Å². The van der Waals surface area contributed by atoms with Gasteiger partial charge in [0.1, 0.15) is 0 Å². The first kappa shape index (κ1) is 22.1. The Balaban J connectivity index is 1.67. The molecule has 0 spiro atoms. The minimum Gasteiger partial charge on any atom is -0.481 e. The summed E-state index contributed by atoms with van der Waals surface area (Å²) in [5.41, 5.74) is 1.06. The number of hydrogen-bond donors (Lipinski definition) is 2. The van der Waals surface area contributed by atoms with Crippen LogP contribution in [-0.4, -0.2) is 48.0 Å². The number of aliphatic carboxylic acids is 1. The van der Waals surface area contributed by atoms with E-state index in [1.165, 1.54) is 0 Å². The largest absolute Gasteiger partial charge is 0.481 e. The molecule has 0 bridgehead atoms. The lowest BCUT2D eigenvalue weighted by Crippen LogP contribution is -2.37. The number of allylic oxidation sites excluding steroid dienone is 1. The fourth-order valence-corrected chi connectivity index (χ4v) is 4.90. The number of carboxylic acid groups (broad SMARTS) is 1. The molecule has 0 aliphatic carbocycles. The molecular formula is C22H27N3O4S. The highest BCUT2D eigenvalue weighted by molar-refractivity contribution is 7.89. The number of pyridine rings is 1. The molecular weight excluding hydrogens is 402 g/mol. The Labute approximate surface area is 177 Å². The van der Waals surface area contributed by atoms with Crippen molar-refractivity contribution in [1.82, 2.24) is 14.6 Å². The van der Waals surface area contributed by atoms with Crippen LogP contribution in [0.1, 0.15) is 31.2 Å². The maximum absolute atomic E-state index is 12.7. The number of nitrogens with zero attached hydrogens (tertiary/aromatic N) is 2. The minimum absolute atomic E-state index is 0.0681. The molecule has 1 aliphatic heterocycles. The van der Waals surface area contributed by atoms with Gasteiger partial charge in [-0.05, 0) is 43.0 Å². The predicted molar refractivity (Wildman–Crippen MR) is 114 cm³/mol. The summed E-state index contributed by atoms with van der Waals surface area (Å²) in [6.45, 7) is 1.26. The van der Waals surface area contributed by atoms with Gasteiger partial charge < -0.3 is 5.11 Å². The van der Waals surface area contributed by atoms with E-state index >= 15 is 0 Å². The fourth-order valence-electron chi connectivity index (χ4n) is 3.64. The number of benzene rings is 1. The molecule has 3 rings (SSSR count). The topological polar surface area (TPSA) is 99.6 Å². The number of carboxylic acids is 1. The van der Waals surface area contributed by atoms with Crippen LogP contribution in [0, 0.1) is 0 Å². The van der Waals surface area contributed by atoms with Crippen LogP contribution in [-0.2, 0) is 21.4 Å². The van der Waals surface area contributed by atoms with E-state index in [0.29, 0.717) is 32.4 Å². The number of unbranched alkanes of at least 4 members (excludes halogenated alkanes) is 1. The number of hydrogen-bond acceptors (Lipinski definition) is 5. The van der Waals surface area contributed by atoms with Gasteiger partial charge in [-0.3, -0.25) is 14.7 Å². The average molecular weight is 430 g/mol. The van der Waals surface area contributed by atoms with Crippen molar-refractivity contribution < 1.29 is 18.3 Å². The van der Waals surface area contributed by atoms with Gasteiger partial charge in [0.15, 0.2) is 0 Å². The molecule has 160 valence electrons. The van der Waals surface area contributed by atoms with Crippen molar-refractivity contribution in [2.24, 2.45) is 0 Å². The van der Waals surface area contributed by atoms with Crippen LogP contribution in [0.4, 0.5) is 0 Å². The molecule has 0 unspecified atom stereocenters. The summed E-state index contributed by atoms with van der Waals surface area (Å²) in [5, 5.41) is 8.76. The second kappa shape index (κ2) is 10.5. The quantitative estimate of drug-likeness (QED) is 0.445. The Morgan fingerprint density at radius 2 is 2.03 bits per heavy atom. The van der Waals surface area contributed by atoms with Crippen LogP contribution in [0.3, 0.4) is 0 Å². The van der Waals surface area contributed by atoms with Gasteiger partial charge in [0.25, 0.3) is 0 Å². The maximum Gasteiger partial charge on any atom is 0.303 e. The number of sulfonamides is 1. The molecule has 30 heavy (non-hydrogen) atoms. The van der Waals surface area contributed by atoms with Gasteiger partial charge in [-0.25, -0.2) is 13.1 Å². The lowest BCUT2D eigenvalue weighted by atomic mass is 10.1. The summed E-state index contributed by atoms with van der Waals surface area (Å²) in [7, 11) is -3.58. The average Bonchev–Trinajstić information content (AvgIpc) is 3.09. The van der Waals surface area contributed by atoms with Gasteiger partial charge in [-0.2, -0.15) is 0 Å². The van der Waals surface area contributed by atoms with E-state index in [1.807, 2.05) is 24.4 Å². The second-order valence-electron chi connectivity index (χ2n) is 7.44. The Bertz CT molecular complexity index is 949. The van der Waals surface area contributed by atoms with Crippen LogP contribution in [0.25, 0.3) is 0 Å². The molecule has 2 aromatic rings. The molecule has 0 saturated carbocycles. The van der Waals surface area contributed by atoms with Crippen molar-refractivity contribution in [3.05, 3.63) is 72.6 Å². The summed E-state index contributed by atoms with van der Waals surface area (Å²) in [6.07, 6.45) is 9.68. The molecule has 2 heterocycles. The van der Waals surface area contributed by atoms with Crippen LogP contribution in [0.5, 0.6) is 0 Å². The summed E-state index contributed by atoms with van der Waals surface area (Å²) in [4.78, 5) is 17.3. The SMILES string of the molecule is O=C(O)CCCC=C[C@@H]1C[C@@H](NS(=O)(=O)c2ccccc2)CN1Cc1cccnc1. The van der Waals surface area contributed by atoms with Gasteiger partial charge in [0.2, 0.25) is 10.0 Å². The van der Waals surface area contributed by atoms with Crippen LogP contribution in [0.15, 0.2) is 71.9 Å². The third-order valence-corrected chi connectivity index (χ3v) is 6.59. The summed E-state index contributed by atoms with van der Waals surface area (Å²) in [5.74, 6) is -0.794. The van der Waals surface area contributed by atoms with Crippen molar-refractivity contribution in [2.45, 2.75) is 49.2 Å². The molecule has 0 amide bonds. The number of nitrogens with one attached hydrogen (secondary N) is 1. The lowest BCUT2D eigenvalue weighted by Gasteiger charge is -2.21. The zero-order valence-corrected chi connectivity index (χ0v) is 17.5. The lowest BCUT2D eigenvalue weighted by molar-refractivity contribution is -0.137. The third kappa shape index (κ3) is 6.48. The first-order valence-electron chi connectivity index (χ1n) is 10.0. The van der Waals surface area contributed by atoms with Crippen LogP contribution in [0.2, 0.25) is 0 Å². The van der Waals surface area contributed by atoms with Crippen molar-refractivity contribution in [3.63, 3.8) is 0 Å². The van der Waals surface area contributed by atoms with E-state index in [1.54, 1.807) is 36.5 Å². The summed E-state index contributed by atoms with van der Waals surface area (Å²) in [6, 6.07) is 12.1. The molecule has 1 aromatic carbocycles. The van der Waals surface area contributed by atoms with E-state index in [-0.39, 0.29) is 23.4 Å². The van der Waals surface area contributed by atoms with E-state index in [9.17, 15) is 13.2 Å². The first-order chi connectivity index (χ1) is 14.4. The highest BCUT2D eigenvalue weighted by atomic mass is 32.2. The molecule has 0 radical (unpaired) electrons. The predicted octanol–water partition coefficient (Wildman–Crippen LogP) is 2.81. The third-order valence-electron chi connectivity index (χ3n) is 5.05. The van der Waals surface area contributed by atoms with Gasteiger partial charge >= 0.3 is 5.97 Å². The van der Waals surface area contributed by atoms with Crippen LogP contribution >= 0.6 is 0 Å². The standard InChI is InChI=1S/C22H27N3O4S/c26-22(27)12-6-1-3-9-20-14-19(17-25(20)16-18-8-7-13-23-15-18)24-30(28,29)21-10-4-2-5-11-21/h2-5,7-11,13,15,19-20,24H,1,6,12,14,16-17H2,(H,26,27)/t19-,20-/m1/s1. The zero-order chi connectivity index (χ0) is 21.4. The monoisotopic (exact) mass is 429 g/mol. The van der Waals surface area contributed by atoms with Crippen LogP contribution < -0.4 is 4.72 Å². The van der Waals surface area contributed by atoms with Crippen molar-refractivity contribution in [2.75, 3.05) is 6.54 Å². The van der Waals surface area contributed by atoms with Gasteiger partial charge in [-0.1, -0.05) is 36.4 Å². The van der Waals surface area contributed by atoms with Gasteiger partial charge in [0, 0.05) is 44.0 Å². The number of likely N-dealkylation sites (tertiary alicyclic amines) is 1. The van der Waals surface area contributed by atoms with Crippen molar-refractivity contribution in [1.29, 1.82) is 0 Å². The number of carbonyl (C=O) groups is 1. The number of aromatic nitrogens is 1. The van der Waals surface area contributed by atoms with E-state index in [0.717, 1.165) is 5.56 Å². The molecule has 1 aromatic heterocycles. The van der Waals surface area contributed by atoms with E-state index in [4.69, 9.17) is 5.11 Å². The van der Waals surface area contributed by atoms with Crippen molar-refractivity contribution >= 4 is 16.0 Å². The van der Waals surface area contributed by atoms with Gasteiger partial charge in [-0.15, -0.1) is 0 Å². The zero-order valence-electron chi connectivity index (χ0n) is 16.7. The maximum atomic E-state index is 12.7. The molecule has 7 nitrogen and oxygen atoms in total. The summed E-state index contributed by atoms with van der Waals surface area (Å²) >= 11 is 0. The number of rotatable bonds is 10. The van der Waals surface area contributed by atoms with E-state index < -0.39 is 16.0 Å². The van der Waals surface area contributed by atoms with E-state index in [2.05, 4.69) is 20.7 Å². The molecule has 2 N–H and O–H groups in total. The molecule has 1 saturated heterocycles. The smallest absolute Gasteiger partial charge is 0.303 e. The highest BCUT2D eigenvalue weighted by Gasteiger charge is 2.33. The Hall–Kier alpha value is -2.55. The normalized spacial score (nSPS) is 20.0. The fraction of sp³-hybridized carbons (Fsp3) is 0.364. The Kier molecular flexibility index (Phi) is 7.73. The highest BCUT2D eigenvalue weighted by Crippen LogP contribution is 2.23. The molecule has 1 aliphatic rings. The first-order valence-corrected chi connectivity index (χ1v) is 11.5. The molecule has 1 fully saturated rings. The second-order valence-corrected chi connectivity index (χ2v) is 9.15. The Morgan fingerprint density at radius 3 is 2.73 bits per heavy atom. The minimum atomic E-state index is -3.58. The summed E-state index contributed by atoms with van der Waals surface area (Å²) < 4.78 is 28.3. The molecule has 8 heteroatoms.